The number of hydrogen-bond donors (Lipinski definition) is 1. The van der Waals surface area contributed by atoms with Crippen molar-refractivity contribution in [3.05, 3.63) is 0 Å². The first-order chi connectivity index (χ1) is 7.33. The number of carbonyl (C=O) groups is 2. The van der Waals surface area contributed by atoms with Gasteiger partial charge in [0, 0.05) is 12.0 Å². The van der Waals surface area contributed by atoms with Gasteiger partial charge in [0.15, 0.2) is 0 Å². The predicted molar refractivity (Wildman–Crippen MR) is 53.8 cm³/mol. The van der Waals surface area contributed by atoms with Crippen LogP contribution in [0.1, 0.15) is 20.8 Å². The first kappa shape index (κ1) is 9.93. The highest BCUT2D eigenvalue weighted by Crippen LogP contribution is 2.78. The van der Waals surface area contributed by atoms with E-state index in [1.54, 1.807) is 20.8 Å². The van der Waals surface area contributed by atoms with Crippen molar-refractivity contribution in [2.75, 3.05) is 0 Å². The van der Waals surface area contributed by atoms with Crippen molar-refractivity contribution < 1.29 is 19.4 Å². The molecular formula is C11H15NO4. The minimum Gasteiger partial charge on any atom is -0.480 e. The minimum absolute atomic E-state index is 0.154. The third-order valence-electron chi connectivity index (χ3n) is 3.68. The quantitative estimate of drug-likeness (QED) is 0.721. The zero-order chi connectivity index (χ0) is 11.8. The van der Waals surface area contributed by atoms with E-state index in [0.29, 0.717) is 11.8 Å². The molecule has 88 valence electrons. The number of amides is 1. The van der Waals surface area contributed by atoms with Crippen LogP contribution in [-0.4, -0.2) is 39.8 Å². The molecule has 3 unspecified atom stereocenters. The predicted octanol–water partition coefficient (Wildman–Crippen LogP) is 0.935. The molecule has 0 aromatic rings. The molecule has 5 heteroatoms. The molecule has 3 atom stereocenters. The lowest BCUT2D eigenvalue weighted by molar-refractivity contribution is -0.142. The van der Waals surface area contributed by atoms with E-state index in [0.717, 1.165) is 0 Å². The highest BCUT2D eigenvalue weighted by Gasteiger charge is 2.87. The van der Waals surface area contributed by atoms with Crippen molar-refractivity contribution in [2.24, 2.45) is 17.8 Å². The molecule has 2 saturated heterocycles. The van der Waals surface area contributed by atoms with Crippen LogP contribution in [0.15, 0.2) is 0 Å². The second-order valence-corrected chi connectivity index (χ2v) is 5.89. The summed E-state index contributed by atoms with van der Waals surface area (Å²) in [5.41, 5.74) is -0.567. The van der Waals surface area contributed by atoms with Crippen LogP contribution >= 0.6 is 0 Å². The minimum atomic E-state index is -0.900. The molecule has 4 fully saturated rings. The largest absolute Gasteiger partial charge is 0.480 e. The molecule has 2 aliphatic heterocycles. The number of piperidine rings is 1. The molecule has 16 heavy (non-hydrogen) atoms. The molecule has 2 heterocycles. The summed E-state index contributed by atoms with van der Waals surface area (Å²) in [5, 5.41) is 9.09. The number of carboxylic acids is 1. The Morgan fingerprint density at radius 1 is 1.19 bits per heavy atom. The molecule has 1 amide bonds. The van der Waals surface area contributed by atoms with Crippen LogP contribution in [0.4, 0.5) is 4.79 Å². The zero-order valence-corrected chi connectivity index (χ0v) is 9.51. The van der Waals surface area contributed by atoms with Crippen LogP contribution in [0.25, 0.3) is 0 Å². The third kappa shape index (κ3) is 1.11. The van der Waals surface area contributed by atoms with Gasteiger partial charge in [-0.25, -0.2) is 9.59 Å². The Morgan fingerprint density at radius 2 is 1.75 bits per heavy atom. The van der Waals surface area contributed by atoms with Crippen molar-refractivity contribution in [3.63, 3.8) is 0 Å². The zero-order valence-electron chi connectivity index (χ0n) is 9.51. The van der Waals surface area contributed by atoms with Crippen molar-refractivity contribution in [1.82, 2.24) is 4.90 Å². The molecule has 0 radical (unpaired) electrons. The first-order valence-corrected chi connectivity index (χ1v) is 5.57. The average Bonchev–Trinajstić information content (AvgIpc) is 2.88. The molecule has 4 rings (SSSR count). The van der Waals surface area contributed by atoms with Gasteiger partial charge in [0.25, 0.3) is 0 Å². The number of fused-ring (bicyclic) bond motifs is 1. The second kappa shape index (κ2) is 2.52. The van der Waals surface area contributed by atoms with Gasteiger partial charge in [0.05, 0.1) is 0 Å². The Balaban J connectivity index is 1.75. The van der Waals surface area contributed by atoms with Crippen LogP contribution in [0, 0.1) is 17.8 Å². The summed E-state index contributed by atoms with van der Waals surface area (Å²) in [5.74, 6) is 0.209. The maximum Gasteiger partial charge on any atom is 0.411 e. The number of carboxylic acid groups (broad SMARTS) is 1. The average molecular weight is 225 g/mol. The third-order valence-corrected chi connectivity index (χ3v) is 3.68. The van der Waals surface area contributed by atoms with Crippen LogP contribution in [0.2, 0.25) is 0 Å². The Hall–Kier alpha value is -1.26. The van der Waals surface area contributed by atoms with Crippen LogP contribution in [-0.2, 0) is 9.53 Å². The summed E-state index contributed by atoms with van der Waals surface area (Å²) in [6, 6.07) is -0.490. The first-order valence-electron chi connectivity index (χ1n) is 5.57. The van der Waals surface area contributed by atoms with Gasteiger partial charge in [-0.05, 0) is 32.6 Å². The Kier molecular flexibility index (Phi) is 1.56. The molecule has 2 saturated carbocycles. The van der Waals surface area contributed by atoms with E-state index >= 15 is 0 Å². The monoisotopic (exact) mass is 225 g/mol. The maximum absolute atomic E-state index is 11.9. The highest BCUT2D eigenvalue weighted by atomic mass is 16.6. The lowest BCUT2D eigenvalue weighted by Gasteiger charge is -2.26. The van der Waals surface area contributed by atoms with E-state index in [1.807, 2.05) is 0 Å². The second-order valence-electron chi connectivity index (χ2n) is 5.89. The molecule has 0 aromatic carbocycles. The summed E-state index contributed by atoms with van der Waals surface area (Å²) in [7, 11) is 0. The van der Waals surface area contributed by atoms with Crippen LogP contribution < -0.4 is 0 Å². The molecule has 1 N–H and O–H groups in total. The lowest BCUT2D eigenvalue weighted by atomic mass is 10.1. The SMILES string of the molecule is CC(C)(C)OC(=O)N1C(C(=O)O)C2C3C2C31. The molecule has 2 bridgehead atoms. The van der Waals surface area contributed by atoms with Gasteiger partial charge in [0.2, 0.25) is 0 Å². The van der Waals surface area contributed by atoms with E-state index in [2.05, 4.69) is 0 Å². The van der Waals surface area contributed by atoms with Gasteiger partial charge in [-0.3, -0.25) is 4.90 Å². The van der Waals surface area contributed by atoms with Gasteiger partial charge >= 0.3 is 12.1 Å². The lowest BCUT2D eigenvalue weighted by Crippen LogP contribution is -2.43. The van der Waals surface area contributed by atoms with E-state index in [9.17, 15) is 9.59 Å². The fraction of sp³-hybridized carbons (Fsp3) is 0.818. The molecule has 0 aromatic heterocycles. The Labute approximate surface area is 93.4 Å². The van der Waals surface area contributed by atoms with Gasteiger partial charge in [-0.15, -0.1) is 0 Å². The number of hydrogen-bond acceptors (Lipinski definition) is 3. The number of ether oxygens (including phenoxy) is 1. The smallest absolute Gasteiger partial charge is 0.411 e. The topological polar surface area (TPSA) is 66.8 Å². The summed E-state index contributed by atoms with van der Waals surface area (Å²) >= 11 is 0. The van der Waals surface area contributed by atoms with Gasteiger partial charge in [-0.1, -0.05) is 0 Å². The molecule has 4 aliphatic rings. The standard InChI is InChI=1S/C11H15NO4/c1-11(2,3)16-10(15)12-7-4-5(7)6(4)8(12)9(13)14/h4-8H,1-3H3,(H,13,14). The summed E-state index contributed by atoms with van der Waals surface area (Å²) in [4.78, 5) is 24.4. The van der Waals surface area contributed by atoms with Crippen molar-refractivity contribution in [2.45, 2.75) is 38.5 Å². The fourth-order valence-corrected chi connectivity index (χ4v) is 3.03. The number of rotatable bonds is 1. The number of nitrogens with zero attached hydrogens (tertiary/aromatic N) is 1. The summed E-state index contributed by atoms with van der Waals surface area (Å²) in [6.07, 6.45) is -0.475. The van der Waals surface area contributed by atoms with E-state index in [1.165, 1.54) is 4.90 Å². The molecule has 2 aliphatic carbocycles. The van der Waals surface area contributed by atoms with E-state index in [4.69, 9.17) is 9.84 Å². The van der Waals surface area contributed by atoms with Crippen molar-refractivity contribution >= 4 is 12.1 Å². The summed E-state index contributed by atoms with van der Waals surface area (Å²) < 4.78 is 5.24. The van der Waals surface area contributed by atoms with Gasteiger partial charge in [0.1, 0.15) is 11.6 Å². The van der Waals surface area contributed by atoms with Crippen LogP contribution in [0.3, 0.4) is 0 Å². The Bertz CT molecular complexity index is 376. The highest BCUT2D eigenvalue weighted by molar-refractivity contribution is 5.85. The molecule has 0 spiro atoms. The van der Waals surface area contributed by atoms with Gasteiger partial charge < -0.3 is 9.84 Å². The molecular weight excluding hydrogens is 210 g/mol. The number of aliphatic carboxylic acids is 1. The summed E-state index contributed by atoms with van der Waals surface area (Å²) in [6.45, 7) is 5.36. The Morgan fingerprint density at radius 3 is 2.19 bits per heavy atom. The maximum atomic E-state index is 11.9. The van der Waals surface area contributed by atoms with Crippen LogP contribution in [0.5, 0.6) is 0 Å². The van der Waals surface area contributed by atoms with Crippen molar-refractivity contribution in [3.8, 4) is 0 Å². The van der Waals surface area contributed by atoms with E-state index < -0.39 is 23.7 Å². The normalized spacial score (nSPS) is 42.7. The van der Waals surface area contributed by atoms with Crippen molar-refractivity contribution in [1.29, 1.82) is 0 Å². The fourth-order valence-electron chi connectivity index (χ4n) is 3.03. The van der Waals surface area contributed by atoms with Gasteiger partial charge in [-0.2, -0.15) is 0 Å². The number of carbonyl (C=O) groups excluding carboxylic acids is 1. The van der Waals surface area contributed by atoms with E-state index in [-0.39, 0.29) is 12.0 Å². The molecule has 5 nitrogen and oxygen atoms in total.